The molecule has 6 heteroatoms. The van der Waals surface area contributed by atoms with Crippen LogP contribution in [-0.2, 0) is 13.1 Å². The molecule has 6 nitrogen and oxygen atoms in total. The van der Waals surface area contributed by atoms with Crippen LogP contribution in [0.15, 0.2) is 24.5 Å². The van der Waals surface area contributed by atoms with Crippen LogP contribution in [-0.4, -0.2) is 40.4 Å². The molecule has 140 valence electrons. The first-order valence-corrected chi connectivity index (χ1v) is 9.61. The van der Waals surface area contributed by atoms with Crippen molar-refractivity contribution in [3.63, 3.8) is 0 Å². The van der Waals surface area contributed by atoms with Crippen molar-refractivity contribution in [3.05, 3.63) is 35.9 Å². The van der Waals surface area contributed by atoms with Gasteiger partial charge in [-0.1, -0.05) is 6.42 Å². The van der Waals surface area contributed by atoms with Crippen LogP contribution in [0.5, 0.6) is 11.5 Å². The second kappa shape index (κ2) is 7.66. The smallest absolute Gasteiger partial charge is 0.150 e. The second-order valence-corrected chi connectivity index (χ2v) is 7.44. The van der Waals surface area contributed by atoms with E-state index in [4.69, 9.17) is 9.47 Å². The minimum atomic E-state index is 0.320. The Hall–Kier alpha value is -2.08. The van der Waals surface area contributed by atoms with Crippen LogP contribution >= 0.6 is 0 Å². The Morgan fingerprint density at radius 1 is 1.12 bits per heavy atom. The molecule has 0 amide bonds. The molecule has 1 aliphatic carbocycles. The normalized spacial score (nSPS) is 20.9. The number of piperidine rings is 1. The van der Waals surface area contributed by atoms with E-state index in [1.54, 1.807) is 14.2 Å². The Labute approximate surface area is 155 Å². The van der Waals surface area contributed by atoms with Gasteiger partial charge in [-0.15, -0.1) is 10.2 Å². The van der Waals surface area contributed by atoms with Gasteiger partial charge in [0, 0.05) is 18.7 Å². The van der Waals surface area contributed by atoms with Crippen molar-refractivity contribution in [2.24, 2.45) is 5.92 Å². The first-order chi connectivity index (χ1) is 12.8. The molecular formula is C20H28N4O2. The SMILES string of the molecule is COc1ccc(OC)c(CN2CCCCC2c2nncn2CC2CC2)c1. The average Bonchev–Trinajstić information content (AvgIpc) is 3.38. The third-order valence-electron chi connectivity index (χ3n) is 5.57. The van der Waals surface area contributed by atoms with E-state index < -0.39 is 0 Å². The maximum Gasteiger partial charge on any atom is 0.150 e. The highest BCUT2D eigenvalue weighted by atomic mass is 16.5. The molecule has 1 saturated heterocycles. The zero-order valence-corrected chi connectivity index (χ0v) is 15.7. The highest BCUT2D eigenvalue weighted by Gasteiger charge is 2.30. The Morgan fingerprint density at radius 3 is 2.77 bits per heavy atom. The van der Waals surface area contributed by atoms with Crippen molar-refractivity contribution in [2.75, 3.05) is 20.8 Å². The minimum absolute atomic E-state index is 0.320. The summed E-state index contributed by atoms with van der Waals surface area (Å²) in [6, 6.07) is 6.34. The number of aromatic nitrogens is 3. The number of hydrogen-bond donors (Lipinski definition) is 0. The van der Waals surface area contributed by atoms with Crippen LogP contribution in [0.2, 0.25) is 0 Å². The van der Waals surface area contributed by atoms with Crippen LogP contribution in [0, 0.1) is 5.92 Å². The van der Waals surface area contributed by atoms with Gasteiger partial charge < -0.3 is 14.0 Å². The molecule has 1 atom stereocenters. The lowest BCUT2D eigenvalue weighted by molar-refractivity contribution is 0.128. The van der Waals surface area contributed by atoms with E-state index in [1.807, 2.05) is 18.5 Å². The standard InChI is InChI=1S/C20H28N4O2/c1-25-17-8-9-19(26-2)16(11-17)13-23-10-4-3-5-18(23)20-22-21-14-24(20)12-15-6-7-15/h8-9,11,14-15,18H,3-7,10,12-13H2,1-2H3. The van der Waals surface area contributed by atoms with Gasteiger partial charge >= 0.3 is 0 Å². The summed E-state index contributed by atoms with van der Waals surface area (Å²) in [6.45, 7) is 2.97. The zero-order chi connectivity index (χ0) is 17.9. The van der Waals surface area contributed by atoms with Gasteiger partial charge in [-0.25, -0.2) is 0 Å². The van der Waals surface area contributed by atoms with Crippen molar-refractivity contribution in [3.8, 4) is 11.5 Å². The maximum absolute atomic E-state index is 5.58. The number of hydrogen-bond acceptors (Lipinski definition) is 5. The van der Waals surface area contributed by atoms with Gasteiger partial charge in [0.15, 0.2) is 0 Å². The number of ether oxygens (including phenoxy) is 2. The maximum atomic E-state index is 5.58. The fraction of sp³-hybridized carbons (Fsp3) is 0.600. The van der Waals surface area contributed by atoms with Crippen molar-refractivity contribution in [2.45, 2.75) is 51.2 Å². The third-order valence-corrected chi connectivity index (χ3v) is 5.57. The predicted molar refractivity (Wildman–Crippen MR) is 99.3 cm³/mol. The molecule has 2 aromatic rings. The Bertz CT molecular complexity index is 741. The summed E-state index contributed by atoms with van der Waals surface area (Å²) in [4.78, 5) is 2.52. The molecule has 1 aliphatic heterocycles. The summed E-state index contributed by atoms with van der Waals surface area (Å²) in [5.74, 6) is 3.72. The molecular weight excluding hydrogens is 328 g/mol. The summed E-state index contributed by atoms with van der Waals surface area (Å²) < 4.78 is 13.3. The van der Waals surface area contributed by atoms with E-state index in [0.29, 0.717) is 6.04 Å². The molecule has 0 bridgehead atoms. The fourth-order valence-electron chi connectivity index (χ4n) is 3.94. The highest BCUT2D eigenvalue weighted by Crippen LogP contribution is 2.36. The topological polar surface area (TPSA) is 52.4 Å². The van der Waals surface area contributed by atoms with Gasteiger partial charge in [-0.05, 0) is 56.3 Å². The summed E-state index contributed by atoms with van der Waals surface area (Å²) in [7, 11) is 3.43. The lowest BCUT2D eigenvalue weighted by Crippen LogP contribution is -2.34. The Morgan fingerprint density at radius 2 is 2.00 bits per heavy atom. The molecule has 2 heterocycles. The van der Waals surface area contributed by atoms with Gasteiger partial charge in [0.05, 0.1) is 20.3 Å². The number of methoxy groups -OCH3 is 2. The molecule has 0 N–H and O–H groups in total. The number of nitrogens with zero attached hydrogens (tertiary/aromatic N) is 4. The molecule has 2 aliphatic rings. The molecule has 0 radical (unpaired) electrons. The quantitative estimate of drug-likeness (QED) is 0.761. The van der Waals surface area contributed by atoms with Crippen molar-refractivity contribution in [1.29, 1.82) is 0 Å². The van der Waals surface area contributed by atoms with Crippen LogP contribution in [0.25, 0.3) is 0 Å². The first-order valence-electron chi connectivity index (χ1n) is 9.61. The lowest BCUT2D eigenvalue weighted by atomic mass is 10.00. The van der Waals surface area contributed by atoms with E-state index in [-0.39, 0.29) is 0 Å². The van der Waals surface area contributed by atoms with Gasteiger partial charge in [0.2, 0.25) is 0 Å². The lowest BCUT2D eigenvalue weighted by Gasteiger charge is -2.35. The van der Waals surface area contributed by atoms with E-state index in [0.717, 1.165) is 54.9 Å². The Balaban J connectivity index is 1.57. The van der Waals surface area contributed by atoms with Crippen LogP contribution in [0.4, 0.5) is 0 Å². The average molecular weight is 356 g/mol. The highest BCUT2D eigenvalue weighted by molar-refractivity contribution is 5.40. The largest absolute Gasteiger partial charge is 0.497 e. The Kier molecular flexibility index (Phi) is 5.11. The molecule has 1 aromatic carbocycles. The molecule has 1 unspecified atom stereocenters. The number of rotatable bonds is 7. The van der Waals surface area contributed by atoms with E-state index in [9.17, 15) is 0 Å². The summed E-state index contributed by atoms with van der Waals surface area (Å²) in [5, 5.41) is 8.73. The van der Waals surface area contributed by atoms with Gasteiger partial charge in [-0.2, -0.15) is 0 Å². The predicted octanol–water partition coefficient (Wildman–Crippen LogP) is 3.43. The molecule has 2 fully saturated rings. The first kappa shape index (κ1) is 17.3. The zero-order valence-electron chi connectivity index (χ0n) is 15.7. The fourth-order valence-corrected chi connectivity index (χ4v) is 3.94. The molecule has 26 heavy (non-hydrogen) atoms. The second-order valence-electron chi connectivity index (χ2n) is 7.44. The number of likely N-dealkylation sites (tertiary alicyclic amines) is 1. The van der Waals surface area contributed by atoms with Crippen LogP contribution in [0.1, 0.15) is 49.5 Å². The molecule has 0 spiro atoms. The third kappa shape index (κ3) is 3.70. The van der Waals surface area contributed by atoms with Gasteiger partial charge in [-0.3, -0.25) is 4.90 Å². The molecule has 4 rings (SSSR count). The number of benzene rings is 1. The van der Waals surface area contributed by atoms with Crippen LogP contribution < -0.4 is 9.47 Å². The summed E-state index contributed by atoms with van der Waals surface area (Å²) in [5.41, 5.74) is 1.16. The molecule has 1 aromatic heterocycles. The summed E-state index contributed by atoms with van der Waals surface area (Å²) >= 11 is 0. The summed E-state index contributed by atoms with van der Waals surface area (Å²) in [6.07, 6.45) is 8.19. The van der Waals surface area contributed by atoms with Gasteiger partial charge in [0.25, 0.3) is 0 Å². The van der Waals surface area contributed by atoms with Crippen LogP contribution in [0.3, 0.4) is 0 Å². The minimum Gasteiger partial charge on any atom is -0.497 e. The van der Waals surface area contributed by atoms with Gasteiger partial charge in [0.1, 0.15) is 23.7 Å². The van der Waals surface area contributed by atoms with Crippen molar-refractivity contribution < 1.29 is 9.47 Å². The molecule has 1 saturated carbocycles. The van der Waals surface area contributed by atoms with Crippen molar-refractivity contribution in [1.82, 2.24) is 19.7 Å². The van der Waals surface area contributed by atoms with E-state index in [2.05, 4.69) is 25.7 Å². The monoisotopic (exact) mass is 356 g/mol. The van der Waals surface area contributed by atoms with Crippen molar-refractivity contribution >= 4 is 0 Å². The van der Waals surface area contributed by atoms with E-state index >= 15 is 0 Å². The van der Waals surface area contributed by atoms with E-state index in [1.165, 1.54) is 25.7 Å².